The van der Waals surface area contributed by atoms with Crippen LogP contribution in [-0.2, 0) is 35.3 Å². The van der Waals surface area contributed by atoms with Gasteiger partial charge in [-0.2, -0.15) is 0 Å². The van der Waals surface area contributed by atoms with Gasteiger partial charge in [0.05, 0.1) is 12.1 Å². The highest BCUT2D eigenvalue weighted by Crippen LogP contribution is 2.41. The number of nitrogens with zero attached hydrogens (tertiary/aromatic N) is 2. The van der Waals surface area contributed by atoms with Crippen molar-refractivity contribution in [3.63, 3.8) is 0 Å². The van der Waals surface area contributed by atoms with E-state index in [-0.39, 0.29) is 63.3 Å². The summed E-state index contributed by atoms with van der Waals surface area (Å²) in [5.41, 5.74) is 13.0. The molecule has 1 heterocycles. The summed E-state index contributed by atoms with van der Waals surface area (Å²) < 4.78 is 31.3. The van der Waals surface area contributed by atoms with Crippen LogP contribution in [0.4, 0.5) is 8.78 Å². The van der Waals surface area contributed by atoms with Gasteiger partial charge in [-0.3, -0.25) is 28.8 Å². The summed E-state index contributed by atoms with van der Waals surface area (Å²) >= 11 is 0. The normalized spacial score (nSPS) is 13.3. The molecule has 16 nitrogen and oxygen atoms in total. The number of carboxylic acids is 1. The molecule has 3 rings (SSSR count). The van der Waals surface area contributed by atoms with Crippen molar-refractivity contribution in [2.45, 2.75) is 96.9 Å². The molecule has 5 amide bonds. The van der Waals surface area contributed by atoms with Crippen molar-refractivity contribution in [3.05, 3.63) is 83.7 Å². The van der Waals surface area contributed by atoms with Crippen molar-refractivity contribution in [2.75, 3.05) is 32.8 Å². The Bertz CT molecular complexity index is 1960. The van der Waals surface area contributed by atoms with Crippen LogP contribution in [0, 0.1) is 17.0 Å². The zero-order valence-corrected chi connectivity index (χ0v) is 35.2. The molecule has 10 N–H and O–H groups in total. The minimum absolute atomic E-state index is 0.00104. The number of amides is 5. The van der Waals surface area contributed by atoms with Crippen LogP contribution < -0.4 is 32.7 Å². The average Bonchev–Trinajstić information content (AvgIpc) is 3.61. The van der Waals surface area contributed by atoms with E-state index in [4.69, 9.17) is 16.6 Å². The lowest BCUT2D eigenvalue weighted by Crippen LogP contribution is -2.49. The maximum atomic E-state index is 15.1. The summed E-state index contributed by atoms with van der Waals surface area (Å²) in [7, 11) is 0. The molecule has 0 aliphatic carbocycles. The Morgan fingerprint density at radius 3 is 2.13 bits per heavy atom. The quantitative estimate of drug-likeness (QED) is 0.0611. The number of nitrogens with two attached hydrogens (primary N) is 2. The highest BCUT2D eigenvalue weighted by atomic mass is 19.1. The molecule has 0 saturated heterocycles. The van der Waals surface area contributed by atoms with Gasteiger partial charge in [0.15, 0.2) is 0 Å². The molecule has 0 fully saturated rings. The number of carbonyl (C=O) groups excluding carboxylic acids is 5. The van der Waals surface area contributed by atoms with Crippen LogP contribution in [0.15, 0.2) is 60.8 Å². The molecular formula is C43H60F2N8O8. The van der Waals surface area contributed by atoms with Gasteiger partial charge in [0, 0.05) is 69.1 Å². The fourth-order valence-electron chi connectivity index (χ4n) is 6.85. The first-order valence-electron chi connectivity index (χ1n) is 20.2. The zero-order chi connectivity index (χ0) is 45.3. The number of rotatable bonds is 24. The van der Waals surface area contributed by atoms with Crippen molar-refractivity contribution >= 4 is 35.5 Å². The van der Waals surface area contributed by atoms with E-state index < -0.39 is 77.4 Å². The number of aliphatic hydroxyl groups is 1. The van der Waals surface area contributed by atoms with Gasteiger partial charge in [0.25, 0.3) is 0 Å². The minimum Gasteiger partial charge on any atom is -0.480 e. The van der Waals surface area contributed by atoms with E-state index in [9.17, 15) is 38.3 Å². The highest BCUT2D eigenvalue weighted by Gasteiger charge is 2.37. The van der Waals surface area contributed by atoms with Crippen LogP contribution in [0.3, 0.4) is 0 Å². The van der Waals surface area contributed by atoms with Crippen molar-refractivity contribution in [1.82, 2.24) is 30.7 Å². The number of nitrogens with one attached hydrogen (secondary N) is 4. The first-order chi connectivity index (χ1) is 28.8. The number of unbranched alkanes of at least 4 members (excludes halogenated alkanes) is 1. The zero-order valence-electron chi connectivity index (χ0n) is 35.2. The molecule has 0 spiro atoms. The number of halogens is 2. The lowest BCUT2D eigenvalue weighted by Gasteiger charge is -2.41. The van der Waals surface area contributed by atoms with Crippen LogP contribution in [0.5, 0.6) is 0 Å². The molecule has 2 aromatic carbocycles. The van der Waals surface area contributed by atoms with Gasteiger partial charge in [-0.05, 0) is 67.3 Å². The molecule has 334 valence electrons. The number of carbonyl (C=O) groups is 6. The first-order valence-corrected chi connectivity index (χ1v) is 20.2. The van der Waals surface area contributed by atoms with Gasteiger partial charge < -0.3 is 52.4 Å². The van der Waals surface area contributed by atoms with Crippen LogP contribution in [0.25, 0.3) is 11.1 Å². The van der Waals surface area contributed by atoms with E-state index >= 15 is 4.39 Å². The molecule has 4 atom stereocenters. The second-order valence-corrected chi connectivity index (χ2v) is 16.0. The van der Waals surface area contributed by atoms with E-state index in [1.807, 2.05) is 55.7 Å². The molecule has 61 heavy (non-hydrogen) atoms. The van der Waals surface area contributed by atoms with E-state index in [1.165, 1.54) is 11.8 Å². The van der Waals surface area contributed by atoms with Gasteiger partial charge in [-0.15, -0.1) is 0 Å². The van der Waals surface area contributed by atoms with E-state index in [1.54, 1.807) is 12.3 Å². The molecule has 0 aliphatic rings. The number of carboxylic acid groups (broad SMARTS) is 1. The largest absolute Gasteiger partial charge is 0.480 e. The van der Waals surface area contributed by atoms with E-state index in [0.29, 0.717) is 30.6 Å². The van der Waals surface area contributed by atoms with Crippen molar-refractivity contribution in [1.29, 1.82) is 0 Å². The predicted octanol–water partition coefficient (Wildman–Crippen LogP) is 2.32. The Labute approximate surface area is 354 Å². The third-order valence-electron chi connectivity index (χ3n) is 9.91. The fourth-order valence-corrected chi connectivity index (χ4v) is 6.85. The van der Waals surface area contributed by atoms with Crippen LogP contribution in [-0.4, -0.2) is 106 Å². The number of benzene rings is 2. The Balaban J connectivity index is 1.63. The van der Waals surface area contributed by atoms with Crippen molar-refractivity contribution < 1.29 is 47.8 Å². The van der Waals surface area contributed by atoms with Gasteiger partial charge in [-0.25, -0.2) is 8.78 Å². The van der Waals surface area contributed by atoms with Gasteiger partial charge >= 0.3 is 5.97 Å². The maximum absolute atomic E-state index is 15.1. The van der Waals surface area contributed by atoms with Crippen LogP contribution in [0.2, 0.25) is 0 Å². The number of aromatic nitrogens is 1. The second-order valence-electron chi connectivity index (χ2n) is 16.0. The summed E-state index contributed by atoms with van der Waals surface area (Å²) in [5.74, 6) is -4.86. The smallest absolute Gasteiger partial charge is 0.320 e. The monoisotopic (exact) mass is 854 g/mol. The SMILES string of the molecule is CC(=O)NC(CCCCNC(=O)CCC(N)C(=O)O)C(=O)NCCNC(=O)C(N)CCN(C(=O)CO)C(c1cc(-c2cc(F)ccc2F)cn1Cc1ccccc1)C(C)(C)C. The third kappa shape index (κ3) is 16.0. The van der Waals surface area contributed by atoms with E-state index in [2.05, 4.69) is 21.3 Å². The van der Waals surface area contributed by atoms with Crippen LogP contribution >= 0.6 is 0 Å². The highest BCUT2D eigenvalue weighted by molar-refractivity contribution is 5.87. The number of aliphatic carboxylic acids is 1. The number of aliphatic hydroxyl groups excluding tert-OH is 1. The second kappa shape index (κ2) is 23.9. The standard InChI is InChI=1S/C43H60F2N8O8/c1-27(55)51-35(12-8-9-18-48-37(56)16-15-34(47)42(60)61)41(59)50-20-19-49-40(58)33(46)17-21-53(38(57)26-54)39(43(2,3)4)36-22-29(31-23-30(44)13-14-32(31)45)25-52(36)24-28-10-6-5-7-11-28/h5-7,10-11,13-14,22-23,25,33-35,39,54H,8-9,12,15-21,24,26,46-47H2,1-4H3,(H,48,56)(H,49,58)(H,50,59)(H,51,55)(H,60,61). The molecule has 0 radical (unpaired) electrons. The fraction of sp³-hybridized carbons (Fsp3) is 0.488. The maximum Gasteiger partial charge on any atom is 0.320 e. The van der Waals surface area contributed by atoms with Gasteiger partial charge in [0.1, 0.15) is 30.3 Å². The van der Waals surface area contributed by atoms with Crippen molar-refractivity contribution in [3.8, 4) is 11.1 Å². The minimum atomic E-state index is -1.19. The Kier molecular flexibility index (Phi) is 19.5. The molecular weight excluding hydrogens is 795 g/mol. The summed E-state index contributed by atoms with van der Waals surface area (Å²) in [5, 5.41) is 29.6. The summed E-state index contributed by atoms with van der Waals surface area (Å²) in [6.45, 7) is 6.73. The summed E-state index contributed by atoms with van der Waals surface area (Å²) in [4.78, 5) is 75.5. The van der Waals surface area contributed by atoms with Crippen LogP contribution in [0.1, 0.15) is 83.5 Å². The molecule has 1 aromatic heterocycles. The predicted molar refractivity (Wildman–Crippen MR) is 224 cm³/mol. The topological polar surface area (TPSA) is 251 Å². The Hall–Kier alpha value is -5.72. The summed E-state index contributed by atoms with van der Waals surface area (Å²) in [6, 6.07) is 10.5. The average molecular weight is 855 g/mol. The molecule has 0 saturated carbocycles. The molecule has 3 aromatic rings. The summed E-state index contributed by atoms with van der Waals surface area (Å²) in [6.07, 6.45) is 2.87. The molecule has 0 aliphatic heterocycles. The number of hydrogen-bond donors (Lipinski definition) is 8. The Morgan fingerprint density at radius 2 is 1.51 bits per heavy atom. The lowest BCUT2D eigenvalue weighted by molar-refractivity contribution is -0.140. The first kappa shape index (κ1) is 49.6. The van der Waals surface area contributed by atoms with Crippen molar-refractivity contribution in [2.24, 2.45) is 16.9 Å². The third-order valence-corrected chi connectivity index (χ3v) is 9.91. The molecule has 0 bridgehead atoms. The van der Waals surface area contributed by atoms with Gasteiger partial charge in [-0.1, -0.05) is 51.1 Å². The molecule has 18 heteroatoms. The van der Waals surface area contributed by atoms with E-state index in [0.717, 1.165) is 23.8 Å². The number of hydrogen-bond acceptors (Lipinski definition) is 9. The lowest BCUT2D eigenvalue weighted by atomic mass is 9.82. The molecule has 4 unspecified atom stereocenters. The van der Waals surface area contributed by atoms with Gasteiger partial charge in [0.2, 0.25) is 29.5 Å². The Morgan fingerprint density at radius 1 is 0.836 bits per heavy atom.